The summed E-state index contributed by atoms with van der Waals surface area (Å²) in [6.07, 6.45) is 0.812. The van der Waals surface area contributed by atoms with Gasteiger partial charge in [-0.3, -0.25) is 19.1 Å². The van der Waals surface area contributed by atoms with E-state index in [2.05, 4.69) is 15.1 Å². The number of hydrogen-bond donors (Lipinski definition) is 1. The van der Waals surface area contributed by atoms with Gasteiger partial charge in [0.2, 0.25) is 0 Å². The molecule has 0 bridgehead atoms. The van der Waals surface area contributed by atoms with Crippen LogP contribution in [0.3, 0.4) is 0 Å². The van der Waals surface area contributed by atoms with Crippen molar-refractivity contribution in [1.82, 2.24) is 19.7 Å². The summed E-state index contributed by atoms with van der Waals surface area (Å²) in [5.74, 6) is 0.471. The van der Waals surface area contributed by atoms with Crippen molar-refractivity contribution in [2.24, 2.45) is 0 Å². The van der Waals surface area contributed by atoms with Gasteiger partial charge in [0.25, 0.3) is 0 Å². The second-order valence-corrected chi connectivity index (χ2v) is 6.86. The fraction of sp³-hybridized carbons (Fsp3) is 0.438. The van der Waals surface area contributed by atoms with E-state index in [1.807, 2.05) is 24.3 Å². The van der Waals surface area contributed by atoms with Gasteiger partial charge in [-0.05, 0) is 24.1 Å². The third-order valence-corrected chi connectivity index (χ3v) is 4.92. The van der Waals surface area contributed by atoms with Gasteiger partial charge < -0.3 is 4.74 Å². The van der Waals surface area contributed by atoms with Crippen LogP contribution in [-0.4, -0.2) is 38.4 Å². The van der Waals surface area contributed by atoms with E-state index in [1.54, 1.807) is 0 Å². The Morgan fingerprint density at radius 2 is 2.21 bits per heavy atom. The molecular formula is C16H17ClN4O3. The molecule has 0 saturated carbocycles. The van der Waals surface area contributed by atoms with Gasteiger partial charge in [0, 0.05) is 24.7 Å². The minimum Gasteiger partial charge on any atom is -0.364 e. The summed E-state index contributed by atoms with van der Waals surface area (Å²) in [5, 5.41) is 6.84. The summed E-state index contributed by atoms with van der Waals surface area (Å²) in [6.45, 7) is 2.95. The Balaban J connectivity index is 1.53. The number of halogens is 1. The first-order chi connectivity index (χ1) is 11.5. The van der Waals surface area contributed by atoms with Gasteiger partial charge in [-0.15, -0.1) is 0 Å². The van der Waals surface area contributed by atoms with Crippen LogP contribution >= 0.6 is 11.6 Å². The summed E-state index contributed by atoms with van der Waals surface area (Å²) in [6, 6.07) is 7.79. The fourth-order valence-electron chi connectivity index (χ4n) is 3.49. The second kappa shape index (κ2) is 5.84. The van der Waals surface area contributed by atoms with E-state index in [4.69, 9.17) is 16.3 Å². The molecule has 4 rings (SSSR count). The molecule has 2 aliphatic rings. The van der Waals surface area contributed by atoms with Crippen LogP contribution in [0.5, 0.6) is 0 Å². The lowest BCUT2D eigenvalue weighted by molar-refractivity contribution is -0.0853. The first-order valence-corrected chi connectivity index (χ1v) is 8.22. The molecule has 0 radical (unpaired) electrons. The largest absolute Gasteiger partial charge is 0.364 e. The maximum absolute atomic E-state index is 12.1. The van der Waals surface area contributed by atoms with E-state index in [9.17, 15) is 9.59 Å². The van der Waals surface area contributed by atoms with Crippen molar-refractivity contribution >= 4 is 11.6 Å². The standard InChI is InChI=1S/C16H17ClN4O3/c17-12-3-1-2-11(6-12)7-20-5-4-16(9-20)10-21-13(8-24-16)18-19-14(22)15(21)23/h1-3,6H,4-5,7-10H2,(H,19,22)/t16-/m0/s1. The maximum Gasteiger partial charge on any atom is 0.330 e. The molecular weight excluding hydrogens is 332 g/mol. The summed E-state index contributed by atoms with van der Waals surface area (Å²) < 4.78 is 7.48. The molecule has 8 heteroatoms. The topological polar surface area (TPSA) is 80.2 Å². The molecule has 0 amide bonds. The monoisotopic (exact) mass is 348 g/mol. The molecule has 2 aliphatic heterocycles. The predicted octanol–water partition coefficient (Wildman–Crippen LogP) is 0.760. The van der Waals surface area contributed by atoms with Crippen LogP contribution < -0.4 is 11.1 Å². The van der Waals surface area contributed by atoms with Gasteiger partial charge in [0.05, 0.1) is 6.54 Å². The molecule has 24 heavy (non-hydrogen) atoms. The highest BCUT2D eigenvalue weighted by molar-refractivity contribution is 6.30. The first-order valence-electron chi connectivity index (χ1n) is 7.84. The molecule has 1 fully saturated rings. The third kappa shape index (κ3) is 2.79. The Kier molecular flexibility index (Phi) is 3.79. The Hall–Kier alpha value is -1.96. The fourth-order valence-corrected chi connectivity index (χ4v) is 3.70. The quantitative estimate of drug-likeness (QED) is 0.810. The number of nitrogens with one attached hydrogen (secondary N) is 1. The van der Waals surface area contributed by atoms with E-state index in [0.29, 0.717) is 18.9 Å². The van der Waals surface area contributed by atoms with Gasteiger partial charge in [0.1, 0.15) is 12.2 Å². The summed E-state index contributed by atoms with van der Waals surface area (Å²) in [5.41, 5.74) is -0.545. The number of rotatable bonds is 2. The number of fused-ring (bicyclic) bond motifs is 1. The lowest BCUT2D eigenvalue weighted by Crippen LogP contribution is -2.51. The van der Waals surface area contributed by atoms with Crippen molar-refractivity contribution in [2.75, 3.05) is 13.1 Å². The molecule has 1 saturated heterocycles. The molecule has 2 aromatic rings. The van der Waals surface area contributed by atoms with Crippen molar-refractivity contribution in [3.63, 3.8) is 0 Å². The van der Waals surface area contributed by atoms with Crippen LogP contribution in [0.1, 0.15) is 17.8 Å². The molecule has 1 atom stereocenters. The van der Waals surface area contributed by atoms with Crippen LogP contribution in [0.4, 0.5) is 0 Å². The molecule has 1 N–H and O–H groups in total. The number of benzene rings is 1. The number of H-pyrrole nitrogens is 1. The zero-order chi connectivity index (χ0) is 16.7. The highest BCUT2D eigenvalue weighted by atomic mass is 35.5. The Morgan fingerprint density at radius 3 is 3.04 bits per heavy atom. The number of aromatic amines is 1. The highest BCUT2D eigenvalue weighted by Crippen LogP contribution is 2.31. The molecule has 0 unspecified atom stereocenters. The van der Waals surface area contributed by atoms with Gasteiger partial charge in [-0.2, -0.15) is 5.10 Å². The van der Waals surface area contributed by atoms with Crippen molar-refractivity contribution in [3.05, 3.63) is 61.4 Å². The van der Waals surface area contributed by atoms with Crippen molar-refractivity contribution in [2.45, 2.75) is 31.7 Å². The second-order valence-electron chi connectivity index (χ2n) is 6.42. The Morgan fingerprint density at radius 1 is 1.33 bits per heavy atom. The number of aromatic nitrogens is 3. The molecule has 1 aromatic heterocycles. The molecule has 1 spiro atoms. The number of hydrogen-bond acceptors (Lipinski definition) is 5. The molecule has 1 aromatic carbocycles. The highest BCUT2D eigenvalue weighted by Gasteiger charge is 2.43. The molecule has 0 aliphatic carbocycles. The van der Waals surface area contributed by atoms with E-state index in [-0.39, 0.29) is 6.61 Å². The first kappa shape index (κ1) is 15.6. The minimum absolute atomic E-state index is 0.233. The minimum atomic E-state index is -0.690. The van der Waals surface area contributed by atoms with Crippen LogP contribution in [0, 0.1) is 0 Å². The number of likely N-dealkylation sites (tertiary alicyclic amines) is 1. The number of nitrogens with zero attached hydrogens (tertiary/aromatic N) is 3. The summed E-state index contributed by atoms with van der Waals surface area (Å²) in [7, 11) is 0. The van der Waals surface area contributed by atoms with Crippen molar-refractivity contribution in [3.8, 4) is 0 Å². The smallest absolute Gasteiger partial charge is 0.330 e. The average molecular weight is 349 g/mol. The van der Waals surface area contributed by atoms with E-state index < -0.39 is 16.7 Å². The summed E-state index contributed by atoms with van der Waals surface area (Å²) in [4.78, 5) is 25.9. The van der Waals surface area contributed by atoms with Crippen LogP contribution in [0.15, 0.2) is 33.9 Å². The van der Waals surface area contributed by atoms with Crippen LogP contribution in [0.2, 0.25) is 5.02 Å². The van der Waals surface area contributed by atoms with Gasteiger partial charge >= 0.3 is 11.1 Å². The maximum atomic E-state index is 12.1. The van der Waals surface area contributed by atoms with E-state index in [0.717, 1.165) is 30.1 Å². The average Bonchev–Trinajstić information content (AvgIpc) is 2.94. The van der Waals surface area contributed by atoms with E-state index >= 15 is 0 Å². The molecule has 3 heterocycles. The molecule has 126 valence electrons. The zero-order valence-electron chi connectivity index (χ0n) is 13.0. The SMILES string of the molecule is O=c1[nH]nc2n(c1=O)C[C@@]1(CCN(Cc3cccc(Cl)c3)C1)OC2. The van der Waals surface area contributed by atoms with E-state index in [1.165, 1.54) is 4.57 Å². The molecule has 7 nitrogen and oxygen atoms in total. The Bertz CT molecular complexity index is 893. The van der Waals surface area contributed by atoms with Gasteiger partial charge in [-0.25, -0.2) is 5.10 Å². The third-order valence-electron chi connectivity index (χ3n) is 4.68. The Labute approximate surface area is 142 Å². The van der Waals surface area contributed by atoms with Crippen LogP contribution in [-0.2, 0) is 24.4 Å². The van der Waals surface area contributed by atoms with Crippen LogP contribution in [0.25, 0.3) is 0 Å². The number of ether oxygens (including phenoxy) is 1. The van der Waals surface area contributed by atoms with Crippen molar-refractivity contribution < 1.29 is 4.74 Å². The van der Waals surface area contributed by atoms with Gasteiger partial charge in [-0.1, -0.05) is 23.7 Å². The van der Waals surface area contributed by atoms with Gasteiger partial charge in [0.15, 0.2) is 5.82 Å². The normalized spacial score (nSPS) is 23.5. The predicted molar refractivity (Wildman–Crippen MR) is 88.0 cm³/mol. The summed E-state index contributed by atoms with van der Waals surface area (Å²) >= 11 is 6.04. The zero-order valence-corrected chi connectivity index (χ0v) is 13.8. The van der Waals surface area contributed by atoms with Crippen molar-refractivity contribution in [1.29, 1.82) is 0 Å². The lowest BCUT2D eigenvalue weighted by Gasteiger charge is -2.34. The lowest BCUT2D eigenvalue weighted by atomic mass is 10.0.